The summed E-state index contributed by atoms with van der Waals surface area (Å²) in [5.41, 5.74) is 6.80. The molecule has 0 unspecified atom stereocenters. The third-order valence-electron chi connectivity index (χ3n) is 3.94. The lowest BCUT2D eigenvalue weighted by Crippen LogP contribution is -2.46. The Morgan fingerprint density at radius 2 is 1.85 bits per heavy atom. The van der Waals surface area contributed by atoms with E-state index in [4.69, 9.17) is 10.5 Å². The van der Waals surface area contributed by atoms with E-state index in [-0.39, 0.29) is 17.9 Å². The molecule has 2 N–H and O–H groups in total. The predicted octanol–water partition coefficient (Wildman–Crippen LogP) is 1.61. The highest BCUT2D eigenvalue weighted by Crippen LogP contribution is 2.40. The van der Waals surface area contributed by atoms with E-state index in [0.29, 0.717) is 18.4 Å². The second kappa shape index (κ2) is 5.63. The monoisotopic (exact) mass is 277 g/mol. The summed E-state index contributed by atoms with van der Waals surface area (Å²) in [5.74, 6) is -0.498. The van der Waals surface area contributed by atoms with E-state index in [0.717, 1.165) is 12.0 Å². The van der Waals surface area contributed by atoms with Gasteiger partial charge in [-0.2, -0.15) is 0 Å². The summed E-state index contributed by atoms with van der Waals surface area (Å²) in [6, 6.07) is 7.24. The lowest BCUT2D eigenvalue weighted by Gasteiger charge is -2.20. The van der Waals surface area contributed by atoms with E-state index in [9.17, 15) is 9.59 Å². The largest absolute Gasteiger partial charge is 0.468 e. The minimum absolute atomic E-state index is 0.214. The number of rotatable bonds is 3. The molecule has 0 bridgehead atoms. The Morgan fingerprint density at radius 1 is 1.20 bits per heavy atom. The highest BCUT2D eigenvalue weighted by Gasteiger charge is 2.43. The summed E-state index contributed by atoms with van der Waals surface area (Å²) in [6.45, 7) is 0. The van der Waals surface area contributed by atoms with E-state index >= 15 is 0 Å². The van der Waals surface area contributed by atoms with Crippen molar-refractivity contribution in [1.82, 2.24) is 0 Å². The Bertz CT molecular complexity index is 511. The van der Waals surface area contributed by atoms with Crippen molar-refractivity contribution in [2.75, 3.05) is 14.2 Å². The first-order chi connectivity index (χ1) is 9.50. The molecule has 1 aliphatic carbocycles. The summed E-state index contributed by atoms with van der Waals surface area (Å²) in [6.07, 6.45) is 2.02. The van der Waals surface area contributed by atoms with Crippen molar-refractivity contribution in [3.8, 4) is 0 Å². The van der Waals surface area contributed by atoms with E-state index < -0.39 is 5.54 Å². The van der Waals surface area contributed by atoms with Crippen LogP contribution in [0, 0.1) is 0 Å². The standard InChI is InChI=1S/C15H19NO4/c1-19-13(17)11-5-3-10(4-6-11)12-7-8-15(16,9-12)14(18)20-2/h3-6,12H,7-9,16H2,1-2H3/t12-,15-/m1/s1. The molecule has 20 heavy (non-hydrogen) atoms. The van der Waals surface area contributed by atoms with Crippen LogP contribution in [0.2, 0.25) is 0 Å². The number of ether oxygens (including phenoxy) is 2. The normalized spacial score (nSPS) is 25.2. The van der Waals surface area contributed by atoms with Crippen molar-refractivity contribution in [2.24, 2.45) is 5.73 Å². The Hall–Kier alpha value is -1.88. The highest BCUT2D eigenvalue weighted by atomic mass is 16.5. The molecule has 0 amide bonds. The van der Waals surface area contributed by atoms with Crippen LogP contribution in [0.15, 0.2) is 24.3 Å². The first-order valence-corrected chi connectivity index (χ1v) is 6.56. The van der Waals surface area contributed by atoms with Crippen molar-refractivity contribution in [3.63, 3.8) is 0 Å². The van der Waals surface area contributed by atoms with Gasteiger partial charge in [0.2, 0.25) is 0 Å². The zero-order valence-electron chi connectivity index (χ0n) is 11.7. The third-order valence-corrected chi connectivity index (χ3v) is 3.94. The fourth-order valence-electron chi connectivity index (χ4n) is 2.76. The molecular formula is C15H19NO4. The molecule has 108 valence electrons. The number of carbonyl (C=O) groups excluding carboxylic acids is 2. The van der Waals surface area contributed by atoms with Crippen LogP contribution in [0.25, 0.3) is 0 Å². The van der Waals surface area contributed by atoms with Crippen molar-refractivity contribution >= 4 is 11.9 Å². The van der Waals surface area contributed by atoms with Crippen molar-refractivity contribution in [3.05, 3.63) is 35.4 Å². The Kier molecular flexibility index (Phi) is 4.09. The van der Waals surface area contributed by atoms with Crippen LogP contribution in [-0.4, -0.2) is 31.7 Å². The number of hydrogen-bond acceptors (Lipinski definition) is 5. The second-order valence-corrected chi connectivity index (χ2v) is 5.20. The molecule has 1 aromatic rings. The molecule has 0 radical (unpaired) electrons. The molecule has 0 heterocycles. The van der Waals surface area contributed by atoms with Gasteiger partial charge in [0.05, 0.1) is 19.8 Å². The van der Waals surface area contributed by atoms with Gasteiger partial charge in [-0.25, -0.2) is 4.79 Å². The Morgan fingerprint density at radius 3 is 2.40 bits per heavy atom. The topological polar surface area (TPSA) is 78.6 Å². The molecule has 5 nitrogen and oxygen atoms in total. The maximum absolute atomic E-state index is 11.7. The first-order valence-electron chi connectivity index (χ1n) is 6.56. The maximum atomic E-state index is 11.7. The smallest absolute Gasteiger partial charge is 0.337 e. The lowest BCUT2D eigenvalue weighted by molar-refractivity contribution is -0.146. The van der Waals surface area contributed by atoms with Crippen LogP contribution < -0.4 is 5.73 Å². The summed E-state index contributed by atoms with van der Waals surface area (Å²) in [4.78, 5) is 23.1. The predicted molar refractivity (Wildman–Crippen MR) is 73.3 cm³/mol. The third kappa shape index (κ3) is 2.67. The maximum Gasteiger partial charge on any atom is 0.337 e. The molecule has 2 atom stereocenters. The molecule has 0 spiro atoms. The van der Waals surface area contributed by atoms with Crippen molar-refractivity contribution in [1.29, 1.82) is 0 Å². The number of methoxy groups -OCH3 is 2. The van der Waals surface area contributed by atoms with Gasteiger partial charge in [-0.15, -0.1) is 0 Å². The van der Waals surface area contributed by atoms with Crippen LogP contribution in [0.3, 0.4) is 0 Å². The zero-order chi connectivity index (χ0) is 14.8. The SMILES string of the molecule is COC(=O)c1ccc([C@@H]2CC[C@](N)(C(=O)OC)C2)cc1. The van der Waals surface area contributed by atoms with E-state index in [1.54, 1.807) is 12.1 Å². The van der Waals surface area contributed by atoms with Crippen LogP contribution in [-0.2, 0) is 14.3 Å². The van der Waals surface area contributed by atoms with Crippen molar-refractivity contribution in [2.45, 2.75) is 30.7 Å². The van der Waals surface area contributed by atoms with Gasteiger partial charge in [0.1, 0.15) is 5.54 Å². The average Bonchev–Trinajstić information content (AvgIpc) is 2.89. The summed E-state index contributed by atoms with van der Waals surface area (Å²) in [7, 11) is 2.71. The minimum Gasteiger partial charge on any atom is -0.468 e. The van der Waals surface area contributed by atoms with Crippen LogP contribution in [0.1, 0.15) is 41.1 Å². The Balaban J connectivity index is 2.11. The van der Waals surface area contributed by atoms with Gasteiger partial charge in [-0.3, -0.25) is 4.79 Å². The number of carbonyl (C=O) groups is 2. The quantitative estimate of drug-likeness (QED) is 0.849. The molecule has 1 fully saturated rings. The number of nitrogens with two attached hydrogens (primary N) is 1. The lowest BCUT2D eigenvalue weighted by atomic mass is 9.92. The van der Waals surface area contributed by atoms with E-state index in [1.807, 2.05) is 12.1 Å². The van der Waals surface area contributed by atoms with Gasteiger partial charge in [0.15, 0.2) is 0 Å². The fraction of sp³-hybridized carbons (Fsp3) is 0.467. The van der Waals surface area contributed by atoms with Gasteiger partial charge in [0.25, 0.3) is 0 Å². The minimum atomic E-state index is -0.888. The number of benzene rings is 1. The average molecular weight is 277 g/mol. The molecule has 1 aromatic carbocycles. The zero-order valence-corrected chi connectivity index (χ0v) is 11.7. The van der Waals surface area contributed by atoms with Gasteiger partial charge in [-0.1, -0.05) is 12.1 Å². The van der Waals surface area contributed by atoms with Gasteiger partial charge in [-0.05, 0) is 42.9 Å². The van der Waals surface area contributed by atoms with Gasteiger partial charge in [0, 0.05) is 0 Å². The molecule has 0 saturated heterocycles. The molecule has 0 aliphatic heterocycles. The molecule has 1 saturated carbocycles. The molecule has 0 aromatic heterocycles. The van der Waals surface area contributed by atoms with Crippen molar-refractivity contribution < 1.29 is 19.1 Å². The molecule has 2 rings (SSSR count). The van der Waals surface area contributed by atoms with Crippen LogP contribution in [0.5, 0.6) is 0 Å². The fourth-order valence-corrected chi connectivity index (χ4v) is 2.76. The summed E-state index contributed by atoms with van der Waals surface area (Å²) >= 11 is 0. The number of esters is 2. The first kappa shape index (κ1) is 14.5. The molecular weight excluding hydrogens is 258 g/mol. The van der Waals surface area contributed by atoms with E-state index in [2.05, 4.69) is 4.74 Å². The Labute approximate surface area is 118 Å². The van der Waals surface area contributed by atoms with Gasteiger partial charge >= 0.3 is 11.9 Å². The molecule has 1 aliphatic rings. The van der Waals surface area contributed by atoms with Crippen LogP contribution >= 0.6 is 0 Å². The molecule has 5 heteroatoms. The van der Waals surface area contributed by atoms with E-state index in [1.165, 1.54) is 14.2 Å². The summed E-state index contributed by atoms with van der Waals surface area (Å²) in [5, 5.41) is 0. The summed E-state index contributed by atoms with van der Waals surface area (Å²) < 4.78 is 9.42. The number of hydrogen-bond donors (Lipinski definition) is 1. The second-order valence-electron chi connectivity index (χ2n) is 5.20. The van der Waals surface area contributed by atoms with Crippen LogP contribution in [0.4, 0.5) is 0 Å². The highest BCUT2D eigenvalue weighted by molar-refractivity contribution is 5.89. The van der Waals surface area contributed by atoms with Gasteiger partial charge < -0.3 is 15.2 Å².